The molecule has 0 aromatic heterocycles. The highest BCUT2D eigenvalue weighted by Gasteiger charge is 2.40. The molecule has 4 rings (SSSR count). The lowest BCUT2D eigenvalue weighted by atomic mass is 10.0. The van der Waals surface area contributed by atoms with E-state index < -0.39 is 0 Å². The van der Waals surface area contributed by atoms with Crippen molar-refractivity contribution in [2.45, 2.75) is 10.1 Å². The Morgan fingerprint density at radius 2 is 1.65 bits per heavy atom. The maximum atomic E-state index is 13.3. The number of halogens is 2. The highest BCUT2D eigenvalue weighted by molar-refractivity contribution is 8.00. The summed E-state index contributed by atoms with van der Waals surface area (Å²) in [5.41, 5.74) is 0.997. The van der Waals surface area contributed by atoms with Gasteiger partial charge in [-0.3, -0.25) is 4.79 Å². The third kappa shape index (κ3) is 4.05. The lowest BCUT2D eigenvalue weighted by molar-refractivity contribution is -0.130. The molecular formula is C20H22ClFN2OS. The number of hydrogen-bond donors (Lipinski definition) is 1. The van der Waals surface area contributed by atoms with Gasteiger partial charge in [-0.15, -0.1) is 24.2 Å². The summed E-state index contributed by atoms with van der Waals surface area (Å²) in [7, 11) is 0. The minimum absolute atomic E-state index is 0. The summed E-state index contributed by atoms with van der Waals surface area (Å²) in [5, 5.41) is 3.12. The quantitative estimate of drug-likeness (QED) is 0.804. The molecule has 2 aromatic rings. The zero-order chi connectivity index (χ0) is 17.2. The summed E-state index contributed by atoms with van der Waals surface area (Å²) in [6, 6.07) is 16.3. The summed E-state index contributed by atoms with van der Waals surface area (Å²) in [6.45, 7) is 3.69. The van der Waals surface area contributed by atoms with Crippen LogP contribution in [-0.4, -0.2) is 37.0 Å². The average Bonchev–Trinajstić information content (AvgIpc) is 3.23. The van der Waals surface area contributed by atoms with Crippen LogP contribution in [0.1, 0.15) is 10.8 Å². The van der Waals surface area contributed by atoms with Crippen LogP contribution in [0.15, 0.2) is 59.5 Å². The number of benzene rings is 2. The van der Waals surface area contributed by atoms with Gasteiger partial charge >= 0.3 is 0 Å². The van der Waals surface area contributed by atoms with Crippen LogP contribution in [-0.2, 0) is 4.79 Å². The fourth-order valence-electron chi connectivity index (χ4n) is 3.74. The Morgan fingerprint density at radius 3 is 2.27 bits per heavy atom. The Hall–Kier alpha value is -1.56. The Morgan fingerprint density at radius 1 is 1.04 bits per heavy atom. The molecule has 138 valence electrons. The van der Waals surface area contributed by atoms with Gasteiger partial charge in [-0.05, 0) is 41.7 Å². The summed E-state index contributed by atoms with van der Waals surface area (Å²) in [4.78, 5) is 16.2. The maximum Gasteiger partial charge on any atom is 0.240 e. The Kier molecular flexibility index (Phi) is 6.22. The Bertz CT molecular complexity index is 731. The van der Waals surface area contributed by atoms with Crippen molar-refractivity contribution in [3.8, 4) is 0 Å². The van der Waals surface area contributed by atoms with Crippen LogP contribution in [0, 0.1) is 17.7 Å². The first-order valence-electron chi connectivity index (χ1n) is 8.67. The van der Waals surface area contributed by atoms with Gasteiger partial charge in [0.1, 0.15) is 11.1 Å². The van der Waals surface area contributed by atoms with E-state index in [9.17, 15) is 9.18 Å². The molecule has 0 spiro atoms. The van der Waals surface area contributed by atoms with Crippen LogP contribution < -0.4 is 5.32 Å². The van der Waals surface area contributed by atoms with Gasteiger partial charge in [0.05, 0.1) is 0 Å². The molecule has 2 aromatic carbocycles. The summed E-state index contributed by atoms with van der Waals surface area (Å²) in [6.07, 6.45) is 0. The first-order valence-corrected chi connectivity index (χ1v) is 9.55. The molecule has 2 fully saturated rings. The molecule has 0 bridgehead atoms. The number of carbonyl (C=O) groups excluding carboxylic acids is 1. The third-order valence-electron chi connectivity index (χ3n) is 5.10. The van der Waals surface area contributed by atoms with E-state index in [1.54, 1.807) is 12.1 Å². The standard InChI is InChI=1S/C20H21FN2OS.ClH/c21-17-6-8-18(9-7-17)25-19(14-4-2-1-3-5-14)20(24)23-12-15-10-22-11-16(15)13-23;/h1-9,15-16,19,22H,10-13H2;1H/t15-,16+,19?;. The van der Waals surface area contributed by atoms with Crippen molar-refractivity contribution in [3.63, 3.8) is 0 Å². The second kappa shape index (κ2) is 8.42. The second-order valence-corrected chi connectivity index (χ2v) is 7.96. The zero-order valence-electron chi connectivity index (χ0n) is 14.3. The van der Waals surface area contributed by atoms with Gasteiger partial charge in [-0.2, -0.15) is 0 Å². The smallest absolute Gasteiger partial charge is 0.240 e. The maximum absolute atomic E-state index is 13.3. The van der Waals surface area contributed by atoms with Crippen molar-refractivity contribution < 1.29 is 9.18 Å². The fourth-order valence-corrected chi connectivity index (χ4v) is 4.85. The summed E-state index contributed by atoms with van der Waals surface area (Å²) < 4.78 is 13.2. The number of nitrogens with zero attached hydrogens (tertiary/aromatic N) is 1. The van der Waals surface area contributed by atoms with E-state index in [-0.39, 0.29) is 29.4 Å². The van der Waals surface area contributed by atoms with Crippen molar-refractivity contribution in [3.05, 3.63) is 66.0 Å². The highest BCUT2D eigenvalue weighted by Crippen LogP contribution is 2.38. The molecule has 1 amide bonds. The van der Waals surface area contributed by atoms with E-state index >= 15 is 0 Å². The zero-order valence-corrected chi connectivity index (χ0v) is 15.9. The normalized spacial score (nSPS) is 22.6. The number of amides is 1. The number of rotatable bonds is 4. The molecule has 3 atom stereocenters. The number of nitrogens with one attached hydrogen (secondary N) is 1. The minimum Gasteiger partial charge on any atom is -0.341 e. The van der Waals surface area contributed by atoms with Gasteiger partial charge in [0.25, 0.3) is 0 Å². The summed E-state index contributed by atoms with van der Waals surface area (Å²) in [5.74, 6) is 1.06. The van der Waals surface area contributed by atoms with Gasteiger partial charge in [0.15, 0.2) is 0 Å². The lowest BCUT2D eigenvalue weighted by Gasteiger charge is -2.24. The first-order chi connectivity index (χ1) is 12.2. The Balaban J connectivity index is 0.00000196. The molecule has 0 aliphatic carbocycles. The average molecular weight is 393 g/mol. The molecule has 2 aliphatic rings. The molecule has 1 unspecified atom stereocenters. The van der Waals surface area contributed by atoms with Crippen molar-refractivity contribution in [2.24, 2.45) is 11.8 Å². The molecule has 2 saturated heterocycles. The molecule has 2 heterocycles. The SMILES string of the molecule is Cl.O=C(C(Sc1ccc(F)cc1)c1ccccc1)N1C[C@H]2CNC[C@H]2C1. The van der Waals surface area contributed by atoms with Gasteiger partial charge in [-0.25, -0.2) is 4.39 Å². The van der Waals surface area contributed by atoms with E-state index in [0.29, 0.717) is 11.8 Å². The van der Waals surface area contributed by atoms with E-state index in [1.165, 1.54) is 23.9 Å². The van der Waals surface area contributed by atoms with Crippen molar-refractivity contribution >= 4 is 30.1 Å². The van der Waals surface area contributed by atoms with E-state index in [2.05, 4.69) is 5.32 Å². The van der Waals surface area contributed by atoms with Crippen LogP contribution in [0.25, 0.3) is 0 Å². The lowest BCUT2D eigenvalue weighted by Crippen LogP contribution is -2.34. The number of likely N-dealkylation sites (tertiary alicyclic amines) is 1. The molecular weight excluding hydrogens is 371 g/mol. The van der Waals surface area contributed by atoms with Crippen molar-refractivity contribution in [1.82, 2.24) is 10.2 Å². The van der Waals surface area contributed by atoms with Crippen LogP contribution in [0.3, 0.4) is 0 Å². The largest absolute Gasteiger partial charge is 0.341 e. The van der Waals surface area contributed by atoms with Crippen molar-refractivity contribution in [1.29, 1.82) is 0 Å². The number of carbonyl (C=O) groups is 1. The summed E-state index contributed by atoms with van der Waals surface area (Å²) >= 11 is 1.50. The number of hydrogen-bond acceptors (Lipinski definition) is 3. The predicted molar refractivity (Wildman–Crippen MR) is 105 cm³/mol. The molecule has 0 radical (unpaired) electrons. The first kappa shape index (κ1) is 19.2. The second-order valence-electron chi connectivity index (χ2n) is 6.78. The monoisotopic (exact) mass is 392 g/mol. The number of fused-ring (bicyclic) bond motifs is 1. The third-order valence-corrected chi connectivity index (χ3v) is 6.35. The fraction of sp³-hybridized carbons (Fsp3) is 0.350. The molecule has 0 saturated carbocycles. The highest BCUT2D eigenvalue weighted by atomic mass is 35.5. The molecule has 2 aliphatic heterocycles. The molecule has 1 N–H and O–H groups in total. The minimum atomic E-state index is -0.293. The van der Waals surface area contributed by atoms with Gasteiger partial charge in [-0.1, -0.05) is 30.3 Å². The van der Waals surface area contributed by atoms with Gasteiger partial charge in [0, 0.05) is 31.1 Å². The molecule has 6 heteroatoms. The molecule has 26 heavy (non-hydrogen) atoms. The predicted octanol–water partition coefficient (Wildman–Crippen LogP) is 3.76. The van der Waals surface area contributed by atoms with Crippen LogP contribution in [0.5, 0.6) is 0 Å². The number of thioether (sulfide) groups is 1. The van der Waals surface area contributed by atoms with E-state index in [0.717, 1.165) is 36.6 Å². The Labute approximate surface area is 163 Å². The van der Waals surface area contributed by atoms with Crippen molar-refractivity contribution in [2.75, 3.05) is 26.2 Å². The molecule has 3 nitrogen and oxygen atoms in total. The van der Waals surface area contributed by atoms with E-state index in [1.807, 2.05) is 35.2 Å². The van der Waals surface area contributed by atoms with Crippen LogP contribution in [0.4, 0.5) is 4.39 Å². The topological polar surface area (TPSA) is 32.3 Å². The van der Waals surface area contributed by atoms with E-state index in [4.69, 9.17) is 0 Å². The van der Waals surface area contributed by atoms with Gasteiger partial charge in [0.2, 0.25) is 5.91 Å². The van der Waals surface area contributed by atoms with Crippen LogP contribution >= 0.6 is 24.2 Å². The van der Waals surface area contributed by atoms with Crippen LogP contribution in [0.2, 0.25) is 0 Å². The van der Waals surface area contributed by atoms with Gasteiger partial charge < -0.3 is 10.2 Å².